The van der Waals surface area contributed by atoms with Gasteiger partial charge in [0.05, 0.1) is 0 Å². The molecule has 28 heavy (non-hydrogen) atoms. The second kappa shape index (κ2) is 7.88. The van der Waals surface area contributed by atoms with Crippen molar-refractivity contribution in [3.8, 4) is 0 Å². The third-order valence-electron chi connectivity index (χ3n) is 7.39. The highest BCUT2D eigenvalue weighted by Gasteiger charge is 2.54. The molecule has 2 amide bonds. The zero-order chi connectivity index (χ0) is 19.7. The van der Waals surface area contributed by atoms with Crippen LogP contribution in [0.2, 0.25) is 0 Å². The van der Waals surface area contributed by atoms with E-state index in [4.69, 9.17) is 0 Å². The summed E-state index contributed by atoms with van der Waals surface area (Å²) in [5.41, 5.74) is 3.13. The summed E-state index contributed by atoms with van der Waals surface area (Å²) in [5.74, 6) is 2.64. The molecule has 0 aliphatic heterocycles. The molecule has 0 atom stereocenters. The maximum Gasteiger partial charge on any atom is 0.226 e. The summed E-state index contributed by atoms with van der Waals surface area (Å²) in [6.45, 7) is 4.73. The molecule has 2 N–H and O–H groups in total. The summed E-state index contributed by atoms with van der Waals surface area (Å²) in [6, 6.07) is 6.12. The normalized spacial score (nSPS) is 30.3. The highest BCUT2D eigenvalue weighted by atomic mass is 16.2. The lowest BCUT2D eigenvalue weighted by Gasteiger charge is -2.55. The lowest BCUT2D eigenvalue weighted by Crippen LogP contribution is -2.53. The van der Waals surface area contributed by atoms with Crippen molar-refractivity contribution < 1.29 is 9.59 Å². The van der Waals surface area contributed by atoms with Crippen LogP contribution in [0.15, 0.2) is 18.2 Å². The van der Waals surface area contributed by atoms with Gasteiger partial charge in [0.25, 0.3) is 0 Å². The Bertz CT molecular complexity index is 720. The number of para-hydroxylation sites is 1. The lowest BCUT2D eigenvalue weighted by molar-refractivity contribution is -0.146. The average Bonchev–Trinajstić information content (AvgIpc) is 2.65. The molecule has 1 aromatic carbocycles. The van der Waals surface area contributed by atoms with Crippen LogP contribution in [0.1, 0.15) is 69.4 Å². The molecular weight excluding hydrogens is 348 g/mol. The van der Waals surface area contributed by atoms with E-state index in [1.54, 1.807) is 0 Å². The van der Waals surface area contributed by atoms with Crippen LogP contribution in [0, 0.1) is 30.1 Å². The first-order chi connectivity index (χ1) is 13.5. The predicted octanol–water partition coefficient (Wildman–Crippen LogP) is 4.61. The second-order valence-corrected chi connectivity index (χ2v) is 9.57. The second-order valence-electron chi connectivity index (χ2n) is 9.57. The molecular formula is C24H34N2O2. The van der Waals surface area contributed by atoms with Gasteiger partial charge in [0.15, 0.2) is 0 Å². The number of hydrogen-bond acceptors (Lipinski definition) is 2. The molecule has 4 heteroatoms. The van der Waals surface area contributed by atoms with Gasteiger partial charge in [-0.3, -0.25) is 9.59 Å². The molecule has 0 spiro atoms. The molecule has 4 fully saturated rings. The molecule has 4 bridgehead atoms. The summed E-state index contributed by atoms with van der Waals surface area (Å²) in [4.78, 5) is 25.3. The van der Waals surface area contributed by atoms with Gasteiger partial charge >= 0.3 is 0 Å². The quantitative estimate of drug-likeness (QED) is 0.677. The fourth-order valence-corrected chi connectivity index (χ4v) is 6.43. The van der Waals surface area contributed by atoms with Gasteiger partial charge in [-0.1, -0.05) is 25.1 Å². The van der Waals surface area contributed by atoms with Crippen molar-refractivity contribution in [2.75, 3.05) is 11.9 Å². The molecule has 0 radical (unpaired) electrons. The van der Waals surface area contributed by atoms with Crippen LogP contribution in [-0.4, -0.2) is 18.4 Å². The standard InChI is InChI=1S/C24H34N2O2/c1-3-20-7-4-6-16(2)22(20)26-21(27)8-5-9-25-23(28)24-13-17-10-18(14-24)12-19(11-17)15-24/h4,6-7,17-19H,3,5,8-15H2,1-2H3,(H,25,28)(H,26,27). The Morgan fingerprint density at radius 2 is 1.71 bits per heavy atom. The molecule has 0 unspecified atom stereocenters. The van der Waals surface area contributed by atoms with Crippen molar-refractivity contribution in [3.05, 3.63) is 29.3 Å². The minimum atomic E-state index is -0.0891. The molecule has 4 nitrogen and oxygen atoms in total. The van der Waals surface area contributed by atoms with E-state index in [0.29, 0.717) is 19.4 Å². The number of benzene rings is 1. The van der Waals surface area contributed by atoms with Crippen LogP contribution in [-0.2, 0) is 16.0 Å². The van der Waals surface area contributed by atoms with E-state index >= 15 is 0 Å². The van der Waals surface area contributed by atoms with Crippen molar-refractivity contribution >= 4 is 17.5 Å². The highest BCUT2D eigenvalue weighted by molar-refractivity contribution is 5.92. The smallest absolute Gasteiger partial charge is 0.226 e. The summed E-state index contributed by atoms with van der Waals surface area (Å²) in [5, 5.41) is 6.25. The zero-order valence-electron chi connectivity index (χ0n) is 17.4. The molecule has 4 aliphatic rings. The van der Waals surface area contributed by atoms with Gasteiger partial charge in [-0.15, -0.1) is 0 Å². The van der Waals surface area contributed by atoms with E-state index in [2.05, 4.69) is 23.6 Å². The minimum Gasteiger partial charge on any atom is -0.356 e. The van der Waals surface area contributed by atoms with Crippen LogP contribution in [0.25, 0.3) is 0 Å². The number of nitrogens with one attached hydrogen (secondary N) is 2. The lowest BCUT2D eigenvalue weighted by atomic mass is 9.49. The Morgan fingerprint density at radius 1 is 1.07 bits per heavy atom. The molecule has 152 valence electrons. The van der Waals surface area contributed by atoms with E-state index in [1.165, 1.54) is 24.8 Å². The molecule has 0 aromatic heterocycles. The number of hydrogen-bond donors (Lipinski definition) is 2. The van der Waals surface area contributed by atoms with Gasteiger partial charge in [-0.2, -0.15) is 0 Å². The Morgan fingerprint density at radius 3 is 2.32 bits per heavy atom. The third-order valence-corrected chi connectivity index (χ3v) is 7.39. The average molecular weight is 383 g/mol. The van der Waals surface area contributed by atoms with Gasteiger partial charge in [0, 0.05) is 24.1 Å². The van der Waals surface area contributed by atoms with Crippen LogP contribution >= 0.6 is 0 Å². The molecule has 4 aliphatic carbocycles. The van der Waals surface area contributed by atoms with Gasteiger partial charge < -0.3 is 10.6 Å². The summed E-state index contributed by atoms with van der Waals surface area (Å²) >= 11 is 0. The predicted molar refractivity (Wildman–Crippen MR) is 112 cm³/mol. The third kappa shape index (κ3) is 3.83. The number of carbonyl (C=O) groups is 2. The number of aryl methyl sites for hydroxylation is 2. The number of rotatable bonds is 7. The Kier molecular flexibility index (Phi) is 5.48. The maximum absolute atomic E-state index is 12.9. The van der Waals surface area contributed by atoms with E-state index in [0.717, 1.165) is 54.7 Å². The first-order valence-electron chi connectivity index (χ1n) is 11.2. The fourth-order valence-electron chi connectivity index (χ4n) is 6.43. The van der Waals surface area contributed by atoms with E-state index < -0.39 is 0 Å². The molecule has 4 saturated carbocycles. The van der Waals surface area contributed by atoms with Crippen molar-refractivity contribution in [2.24, 2.45) is 23.2 Å². The Labute approximate surface area is 168 Å². The summed E-state index contributed by atoms with van der Waals surface area (Å²) in [6.07, 6.45) is 9.38. The fraction of sp³-hybridized carbons (Fsp3) is 0.667. The Hall–Kier alpha value is -1.84. The summed E-state index contributed by atoms with van der Waals surface area (Å²) in [7, 11) is 0. The molecule has 5 rings (SSSR count). The minimum absolute atomic E-state index is 0.0352. The Balaban J connectivity index is 1.24. The van der Waals surface area contributed by atoms with Crippen LogP contribution in [0.4, 0.5) is 5.69 Å². The van der Waals surface area contributed by atoms with Crippen LogP contribution < -0.4 is 10.6 Å². The van der Waals surface area contributed by atoms with E-state index in [-0.39, 0.29) is 17.2 Å². The number of carbonyl (C=O) groups excluding carboxylic acids is 2. The summed E-state index contributed by atoms with van der Waals surface area (Å²) < 4.78 is 0. The zero-order valence-corrected chi connectivity index (χ0v) is 17.4. The van der Waals surface area contributed by atoms with Gasteiger partial charge in [-0.05, 0) is 87.2 Å². The first kappa shape index (κ1) is 19.5. The molecule has 0 saturated heterocycles. The SMILES string of the molecule is CCc1cccc(C)c1NC(=O)CCCNC(=O)C12CC3CC(CC(C3)C1)C2. The van der Waals surface area contributed by atoms with E-state index in [1.807, 2.05) is 19.1 Å². The van der Waals surface area contributed by atoms with Crippen molar-refractivity contribution in [1.82, 2.24) is 5.32 Å². The number of amides is 2. The van der Waals surface area contributed by atoms with Gasteiger partial charge in [-0.25, -0.2) is 0 Å². The van der Waals surface area contributed by atoms with Crippen molar-refractivity contribution in [1.29, 1.82) is 0 Å². The topological polar surface area (TPSA) is 58.2 Å². The highest BCUT2D eigenvalue weighted by Crippen LogP contribution is 2.60. The first-order valence-corrected chi connectivity index (χ1v) is 11.2. The molecule has 0 heterocycles. The molecule has 1 aromatic rings. The van der Waals surface area contributed by atoms with Gasteiger partial charge in [0.1, 0.15) is 0 Å². The van der Waals surface area contributed by atoms with Crippen LogP contribution in [0.5, 0.6) is 0 Å². The monoisotopic (exact) mass is 382 g/mol. The number of anilines is 1. The van der Waals surface area contributed by atoms with E-state index in [9.17, 15) is 9.59 Å². The van der Waals surface area contributed by atoms with Crippen molar-refractivity contribution in [3.63, 3.8) is 0 Å². The maximum atomic E-state index is 12.9. The largest absolute Gasteiger partial charge is 0.356 e. The van der Waals surface area contributed by atoms with Gasteiger partial charge in [0.2, 0.25) is 11.8 Å². The van der Waals surface area contributed by atoms with Crippen LogP contribution in [0.3, 0.4) is 0 Å². The van der Waals surface area contributed by atoms with Crippen molar-refractivity contribution in [2.45, 2.75) is 71.6 Å².